The van der Waals surface area contributed by atoms with E-state index in [0.717, 1.165) is 5.56 Å². The molecule has 0 saturated carbocycles. The molecule has 0 aromatic heterocycles. The summed E-state index contributed by atoms with van der Waals surface area (Å²) in [4.78, 5) is 25.1. The van der Waals surface area contributed by atoms with Crippen molar-refractivity contribution in [3.05, 3.63) is 28.8 Å². The highest BCUT2D eigenvalue weighted by Crippen LogP contribution is 2.32. The van der Waals surface area contributed by atoms with Crippen molar-refractivity contribution in [2.24, 2.45) is 5.41 Å². The number of nitrogens with one attached hydrogen (secondary N) is 1. The van der Waals surface area contributed by atoms with Gasteiger partial charge in [-0.2, -0.15) is 0 Å². The van der Waals surface area contributed by atoms with E-state index in [4.69, 9.17) is 11.6 Å². The molecule has 1 aromatic carbocycles. The highest BCUT2D eigenvalue weighted by Gasteiger charge is 2.38. The Morgan fingerprint density at radius 1 is 1.33 bits per heavy atom. The summed E-state index contributed by atoms with van der Waals surface area (Å²) in [6, 6.07) is 5.19. The third-order valence-electron chi connectivity index (χ3n) is 4.12. The van der Waals surface area contributed by atoms with Crippen molar-refractivity contribution in [1.29, 1.82) is 0 Å². The number of carbonyl (C=O) groups excluding carboxylic acids is 1. The van der Waals surface area contributed by atoms with Gasteiger partial charge in [-0.1, -0.05) is 23.7 Å². The number of carbonyl (C=O) groups is 2. The summed E-state index contributed by atoms with van der Waals surface area (Å²) in [5.74, 6) is -0.801. The summed E-state index contributed by atoms with van der Waals surface area (Å²) in [6.07, 6.45) is 0.911. The number of nitrogens with zero attached hydrogens (tertiary/aromatic N) is 1. The van der Waals surface area contributed by atoms with E-state index in [2.05, 4.69) is 5.32 Å². The summed E-state index contributed by atoms with van der Waals surface area (Å²) < 4.78 is 0. The molecular formula is C15H19ClN2O3. The Kier molecular flexibility index (Phi) is 4.42. The van der Waals surface area contributed by atoms with Crippen molar-refractivity contribution in [2.45, 2.75) is 26.7 Å². The fraction of sp³-hybridized carbons (Fsp3) is 0.467. The summed E-state index contributed by atoms with van der Waals surface area (Å²) in [6.45, 7) is 4.46. The molecule has 6 heteroatoms. The Labute approximate surface area is 128 Å². The van der Waals surface area contributed by atoms with Crippen molar-refractivity contribution >= 4 is 29.3 Å². The van der Waals surface area contributed by atoms with Gasteiger partial charge in [-0.05, 0) is 38.3 Å². The van der Waals surface area contributed by atoms with Crippen molar-refractivity contribution in [3.8, 4) is 0 Å². The molecule has 21 heavy (non-hydrogen) atoms. The average Bonchev–Trinajstić information content (AvgIpc) is 2.43. The lowest BCUT2D eigenvalue weighted by Crippen LogP contribution is -2.46. The number of aliphatic carboxylic acids is 1. The number of rotatable bonds is 2. The number of urea groups is 1. The Morgan fingerprint density at radius 2 is 1.95 bits per heavy atom. The van der Waals surface area contributed by atoms with Gasteiger partial charge in [0.05, 0.1) is 16.1 Å². The average molecular weight is 311 g/mol. The largest absolute Gasteiger partial charge is 0.481 e. The van der Waals surface area contributed by atoms with Gasteiger partial charge in [0.25, 0.3) is 0 Å². The molecule has 1 fully saturated rings. The van der Waals surface area contributed by atoms with E-state index in [1.807, 2.05) is 19.1 Å². The van der Waals surface area contributed by atoms with Crippen molar-refractivity contribution in [3.63, 3.8) is 0 Å². The molecule has 0 atom stereocenters. The van der Waals surface area contributed by atoms with Gasteiger partial charge in [0.1, 0.15) is 0 Å². The Bertz CT molecular complexity index is 546. The van der Waals surface area contributed by atoms with Crippen molar-refractivity contribution < 1.29 is 14.7 Å². The molecule has 0 aliphatic carbocycles. The summed E-state index contributed by atoms with van der Waals surface area (Å²) in [5, 5.41) is 12.5. The number of halogens is 1. The van der Waals surface area contributed by atoms with E-state index in [-0.39, 0.29) is 6.03 Å². The minimum Gasteiger partial charge on any atom is -0.481 e. The smallest absolute Gasteiger partial charge is 0.321 e. The van der Waals surface area contributed by atoms with E-state index in [1.165, 1.54) is 0 Å². The van der Waals surface area contributed by atoms with E-state index in [1.54, 1.807) is 17.9 Å². The van der Waals surface area contributed by atoms with Crippen molar-refractivity contribution in [1.82, 2.24) is 4.90 Å². The Balaban J connectivity index is 2.02. The maximum atomic E-state index is 12.3. The van der Waals surface area contributed by atoms with E-state index in [9.17, 15) is 14.7 Å². The number of para-hydroxylation sites is 1. The first-order valence-corrected chi connectivity index (χ1v) is 7.26. The number of carboxylic acid groups (broad SMARTS) is 1. The number of hydrogen-bond donors (Lipinski definition) is 2. The van der Waals surface area contributed by atoms with Crippen LogP contribution in [0.15, 0.2) is 18.2 Å². The number of likely N-dealkylation sites (tertiary alicyclic amines) is 1. The van der Waals surface area contributed by atoms with Gasteiger partial charge in [0, 0.05) is 13.1 Å². The molecule has 1 aliphatic heterocycles. The van der Waals surface area contributed by atoms with Gasteiger partial charge < -0.3 is 15.3 Å². The van der Waals surface area contributed by atoms with Crippen LogP contribution in [-0.2, 0) is 4.79 Å². The number of carboxylic acids is 1. The number of amides is 2. The normalized spacial score (nSPS) is 17.4. The molecule has 0 unspecified atom stereocenters. The van der Waals surface area contributed by atoms with E-state index >= 15 is 0 Å². The maximum absolute atomic E-state index is 12.3. The second-order valence-electron chi connectivity index (χ2n) is 5.71. The minimum atomic E-state index is -0.801. The molecule has 2 rings (SSSR count). The van der Waals surface area contributed by atoms with Crippen LogP contribution >= 0.6 is 11.6 Å². The van der Waals surface area contributed by atoms with Gasteiger partial charge in [-0.15, -0.1) is 0 Å². The zero-order valence-electron chi connectivity index (χ0n) is 12.1. The van der Waals surface area contributed by atoms with Gasteiger partial charge in [-0.3, -0.25) is 4.79 Å². The van der Waals surface area contributed by atoms with E-state index < -0.39 is 11.4 Å². The van der Waals surface area contributed by atoms with Crippen LogP contribution < -0.4 is 5.32 Å². The van der Waals surface area contributed by atoms with Gasteiger partial charge >= 0.3 is 12.0 Å². The summed E-state index contributed by atoms with van der Waals surface area (Å²) >= 11 is 6.09. The highest BCUT2D eigenvalue weighted by atomic mass is 35.5. The fourth-order valence-electron chi connectivity index (χ4n) is 2.39. The number of aryl methyl sites for hydroxylation is 1. The third-order valence-corrected chi connectivity index (χ3v) is 4.44. The van der Waals surface area contributed by atoms with Gasteiger partial charge in [0.15, 0.2) is 0 Å². The molecule has 0 spiro atoms. The fourth-order valence-corrected chi connectivity index (χ4v) is 2.66. The van der Waals surface area contributed by atoms with Crippen molar-refractivity contribution in [2.75, 3.05) is 18.4 Å². The maximum Gasteiger partial charge on any atom is 0.321 e. The molecule has 0 radical (unpaired) electrons. The van der Waals surface area contributed by atoms with Gasteiger partial charge in [-0.25, -0.2) is 4.79 Å². The zero-order valence-corrected chi connectivity index (χ0v) is 12.9. The second-order valence-corrected chi connectivity index (χ2v) is 6.12. The molecule has 1 aromatic rings. The minimum absolute atomic E-state index is 0.237. The molecule has 0 bridgehead atoms. The van der Waals surface area contributed by atoms with Crippen LogP contribution in [0, 0.1) is 12.3 Å². The van der Waals surface area contributed by atoms with Crippen LogP contribution in [0.2, 0.25) is 5.02 Å². The molecule has 114 valence electrons. The number of anilines is 1. The first-order chi connectivity index (χ1) is 9.83. The lowest BCUT2D eigenvalue weighted by atomic mass is 9.80. The number of piperidine rings is 1. The summed E-state index contributed by atoms with van der Waals surface area (Å²) in [5.41, 5.74) is 0.760. The van der Waals surface area contributed by atoms with Crippen LogP contribution in [0.4, 0.5) is 10.5 Å². The first kappa shape index (κ1) is 15.6. The standard InChI is InChI=1S/C15H19ClN2O3/c1-10-4-3-5-11(16)12(10)17-14(21)18-8-6-15(2,7-9-18)13(19)20/h3-5H,6-9H2,1-2H3,(H,17,21)(H,19,20). The second kappa shape index (κ2) is 5.93. The van der Waals surface area contributed by atoms with Crippen LogP contribution in [0.1, 0.15) is 25.3 Å². The van der Waals surface area contributed by atoms with Gasteiger partial charge in [0.2, 0.25) is 0 Å². The van der Waals surface area contributed by atoms with Crippen LogP contribution in [0.5, 0.6) is 0 Å². The third kappa shape index (κ3) is 3.29. The highest BCUT2D eigenvalue weighted by molar-refractivity contribution is 6.33. The number of hydrogen-bond acceptors (Lipinski definition) is 2. The molecule has 2 amide bonds. The van der Waals surface area contributed by atoms with Crippen LogP contribution in [0.25, 0.3) is 0 Å². The molecule has 5 nitrogen and oxygen atoms in total. The predicted octanol–water partition coefficient (Wildman–Crippen LogP) is 3.37. The quantitative estimate of drug-likeness (QED) is 0.880. The predicted molar refractivity (Wildman–Crippen MR) is 81.8 cm³/mol. The lowest BCUT2D eigenvalue weighted by molar-refractivity contribution is -0.150. The molecular weight excluding hydrogens is 292 g/mol. The van der Waals surface area contributed by atoms with E-state index in [0.29, 0.717) is 36.6 Å². The zero-order chi connectivity index (χ0) is 15.6. The topological polar surface area (TPSA) is 69.6 Å². The molecule has 1 aliphatic rings. The summed E-state index contributed by atoms with van der Waals surface area (Å²) in [7, 11) is 0. The molecule has 1 saturated heterocycles. The monoisotopic (exact) mass is 310 g/mol. The Hall–Kier alpha value is -1.75. The Morgan fingerprint density at radius 3 is 2.48 bits per heavy atom. The van der Waals surface area contributed by atoms with Crippen LogP contribution in [0.3, 0.4) is 0 Å². The number of benzene rings is 1. The lowest BCUT2D eigenvalue weighted by Gasteiger charge is -2.36. The first-order valence-electron chi connectivity index (χ1n) is 6.88. The van der Waals surface area contributed by atoms with Crippen LogP contribution in [-0.4, -0.2) is 35.1 Å². The molecule has 1 heterocycles. The SMILES string of the molecule is Cc1cccc(Cl)c1NC(=O)N1CCC(C)(C(=O)O)CC1. The molecule has 2 N–H and O–H groups in total.